The van der Waals surface area contributed by atoms with Gasteiger partial charge in [-0.25, -0.2) is 4.79 Å². The third kappa shape index (κ3) is 1.94. The molecule has 1 aromatic carbocycles. The van der Waals surface area contributed by atoms with Gasteiger partial charge < -0.3 is 20.5 Å². The molecule has 1 aliphatic rings. The Labute approximate surface area is 114 Å². The van der Waals surface area contributed by atoms with Crippen LogP contribution in [0, 0.1) is 0 Å². The van der Waals surface area contributed by atoms with Crippen LogP contribution >= 0.6 is 0 Å². The van der Waals surface area contributed by atoms with E-state index in [1.54, 1.807) is 6.20 Å². The van der Waals surface area contributed by atoms with Gasteiger partial charge in [0, 0.05) is 29.9 Å². The molecule has 0 aliphatic carbocycles. The molecule has 20 heavy (non-hydrogen) atoms. The smallest absolute Gasteiger partial charge is 0.326 e. The standard InChI is InChI=1S/C14H14N2O4/c17-12(18)11-6-14(20,13(19)16-11)5-8-7-15-10-4-2-1-3-9(8)10/h1-4,7,11,15,20H,5-6H2,(H,16,19)(H,17,18)/t11-,14-/m0/s1. The van der Waals surface area contributed by atoms with Crippen molar-refractivity contribution in [2.75, 3.05) is 0 Å². The van der Waals surface area contributed by atoms with Gasteiger partial charge in [0.2, 0.25) is 0 Å². The van der Waals surface area contributed by atoms with Crippen LogP contribution < -0.4 is 5.32 Å². The Morgan fingerprint density at radius 1 is 1.40 bits per heavy atom. The van der Waals surface area contributed by atoms with E-state index in [9.17, 15) is 14.7 Å². The molecule has 1 aromatic heterocycles. The van der Waals surface area contributed by atoms with Crippen molar-refractivity contribution in [2.24, 2.45) is 0 Å². The van der Waals surface area contributed by atoms with E-state index in [-0.39, 0.29) is 12.8 Å². The Hall–Kier alpha value is -2.34. The van der Waals surface area contributed by atoms with Crippen molar-refractivity contribution in [1.82, 2.24) is 10.3 Å². The Morgan fingerprint density at radius 3 is 2.85 bits per heavy atom. The summed E-state index contributed by atoms with van der Waals surface area (Å²) in [5.74, 6) is -1.76. The number of nitrogens with one attached hydrogen (secondary N) is 2. The molecule has 4 N–H and O–H groups in total. The predicted octanol–water partition coefficient (Wildman–Crippen LogP) is 0.415. The van der Waals surface area contributed by atoms with Gasteiger partial charge in [0.15, 0.2) is 0 Å². The second-order valence-electron chi connectivity index (χ2n) is 5.14. The lowest BCUT2D eigenvalue weighted by Gasteiger charge is -2.18. The third-order valence-electron chi connectivity index (χ3n) is 3.73. The van der Waals surface area contributed by atoms with E-state index in [0.29, 0.717) is 0 Å². The number of aliphatic hydroxyl groups is 1. The van der Waals surface area contributed by atoms with Crippen LogP contribution in [0.2, 0.25) is 0 Å². The van der Waals surface area contributed by atoms with Gasteiger partial charge in [-0.15, -0.1) is 0 Å². The van der Waals surface area contributed by atoms with Crippen LogP contribution in [0.15, 0.2) is 30.5 Å². The zero-order chi connectivity index (χ0) is 14.3. The summed E-state index contributed by atoms with van der Waals surface area (Å²) in [5, 5.41) is 22.6. The summed E-state index contributed by atoms with van der Waals surface area (Å²) in [5.41, 5.74) is 0.0390. The number of hydrogen-bond acceptors (Lipinski definition) is 3. The van der Waals surface area contributed by atoms with Crippen molar-refractivity contribution >= 4 is 22.8 Å². The van der Waals surface area contributed by atoms with Gasteiger partial charge in [-0.05, 0) is 11.6 Å². The van der Waals surface area contributed by atoms with E-state index in [4.69, 9.17) is 5.11 Å². The minimum atomic E-state index is -1.67. The van der Waals surface area contributed by atoms with Gasteiger partial charge in [-0.2, -0.15) is 0 Å². The quantitative estimate of drug-likeness (QED) is 0.651. The van der Waals surface area contributed by atoms with Crippen molar-refractivity contribution in [3.63, 3.8) is 0 Å². The zero-order valence-corrected chi connectivity index (χ0v) is 10.6. The van der Waals surface area contributed by atoms with Gasteiger partial charge in [0.05, 0.1) is 0 Å². The Balaban J connectivity index is 1.90. The highest BCUT2D eigenvalue weighted by Crippen LogP contribution is 2.28. The largest absolute Gasteiger partial charge is 0.480 e. The number of amides is 1. The van der Waals surface area contributed by atoms with E-state index in [1.807, 2.05) is 24.3 Å². The maximum Gasteiger partial charge on any atom is 0.326 e. The third-order valence-corrected chi connectivity index (χ3v) is 3.73. The number of aromatic amines is 1. The molecule has 0 unspecified atom stereocenters. The number of carbonyl (C=O) groups is 2. The minimum Gasteiger partial charge on any atom is -0.480 e. The lowest BCUT2D eigenvalue weighted by atomic mass is 9.91. The minimum absolute atomic E-state index is 0.0899. The maximum atomic E-state index is 11.8. The second-order valence-corrected chi connectivity index (χ2v) is 5.14. The molecule has 1 aliphatic heterocycles. The number of aromatic nitrogens is 1. The number of hydrogen-bond donors (Lipinski definition) is 4. The van der Waals surface area contributed by atoms with Crippen LogP contribution in [0.3, 0.4) is 0 Å². The molecule has 1 amide bonds. The number of carboxylic acids is 1. The number of rotatable bonds is 3. The number of benzene rings is 1. The lowest BCUT2D eigenvalue weighted by molar-refractivity contribution is -0.140. The Kier molecular flexibility index (Phi) is 2.76. The fourth-order valence-electron chi connectivity index (χ4n) is 2.67. The molecule has 2 atom stereocenters. The van der Waals surface area contributed by atoms with E-state index >= 15 is 0 Å². The van der Waals surface area contributed by atoms with Gasteiger partial charge in [0.1, 0.15) is 11.6 Å². The molecule has 0 saturated carbocycles. The van der Waals surface area contributed by atoms with Crippen molar-refractivity contribution in [2.45, 2.75) is 24.5 Å². The van der Waals surface area contributed by atoms with E-state index in [1.165, 1.54) is 0 Å². The molecule has 6 nitrogen and oxygen atoms in total. The van der Waals surface area contributed by atoms with Crippen molar-refractivity contribution in [3.05, 3.63) is 36.0 Å². The average molecular weight is 274 g/mol. The van der Waals surface area contributed by atoms with Crippen LogP contribution in [0.5, 0.6) is 0 Å². The van der Waals surface area contributed by atoms with Crippen molar-refractivity contribution < 1.29 is 19.8 Å². The summed E-state index contributed by atoms with van der Waals surface area (Å²) >= 11 is 0. The Morgan fingerprint density at radius 2 is 2.15 bits per heavy atom. The first-order chi connectivity index (χ1) is 9.49. The summed E-state index contributed by atoms with van der Waals surface area (Å²) in [6.45, 7) is 0. The summed E-state index contributed by atoms with van der Waals surface area (Å²) in [6.07, 6.45) is 1.71. The monoisotopic (exact) mass is 274 g/mol. The molecule has 3 rings (SSSR count). The van der Waals surface area contributed by atoms with Crippen LogP contribution in [-0.4, -0.2) is 38.7 Å². The predicted molar refractivity (Wildman–Crippen MR) is 71.1 cm³/mol. The number of H-pyrrole nitrogens is 1. The number of carboxylic acid groups (broad SMARTS) is 1. The van der Waals surface area contributed by atoms with Crippen LogP contribution in [0.4, 0.5) is 0 Å². The summed E-state index contributed by atoms with van der Waals surface area (Å²) < 4.78 is 0. The van der Waals surface area contributed by atoms with E-state index in [0.717, 1.165) is 16.5 Å². The highest BCUT2D eigenvalue weighted by Gasteiger charge is 2.48. The molecule has 104 valence electrons. The number of aliphatic carboxylic acids is 1. The maximum absolute atomic E-state index is 11.8. The molecule has 0 spiro atoms. The van der Waals surface area contributed by atoms with Gasteiger partial charge in [-0.3, -0.25) is 4.79 Å². The van der Waals surface area contributed by atoms with E-state index < -0.39 is 23.5 Å². The van der Waals surface area contributed by atoms with Crippen LogP contribution in [-0.2, 0) is 16.0 Å². The van der Waals surface area contributed by atoms with Crippen molar-refractivity contribution in [3.8, 4) is 0 Å². The fourth-order valence-corrected chi connectivity index (χ4v) is 2.67. The normalized spacial score (nSPS) is 25.9. The molecule has 2 heterocycles. The van der Waals surface area contributed by atoms with Gasteiger partial charge >= 0.3 is 5.97 Å². The summed E-state index contributed by atoms with van der Waals surface area (Å²) in [4.78, 5) is 25.8. The first-order valence-electron chi connectivity index (χ1n) is 6.31. The molecule has 1 fully saturated rings. The molecular formula is C14H14N2O4. The zero-order valence-electron chi connectivity index (χ0n) is 10.6. The molecule has 0 bridgehead atoms. The first kappa shape index (κ1) is 12.7. The highest BCUT2D eigenvalue weighted by atomic mass is 16.4. The molecule has 6 heteroatoms. The second kappa shape index (κ2) is 4.35. The van der Waals surface area contributed by atoms with Crippen LogP contribution in [0.1, 0.15) is 12.0 Å². The van der Waals surface area contributed by atoms with Crippen LogP contribution in [0.25, 0.3) is 10.9 Å². The molecule has 0 radical (unpaired) electrons. The van der Waals surface area contributed by atoms with Gasteiger partial charge in [-0.1, -0.05) is 18.2 Å². The molecule has 2 aromatic rings. The molecular weight excluding hydrogens is 260 g/mol. The Bertz CT molecular complexity index is 693. The SMILES string of the molecule is O=C(O)[C@@H]1C[C@@](O)(Cc2c[nH]c3ccccc23)C(=O)N1. The molecule has 1 saturated heterocycles. The fraction of sp³-hybridized carbons (Fsp3) is 0.286. The number of carbonyl (C=O) groups excluding carboxylic acids is 1. The summed E-state index contributed by atoms with van der Waals surface area (Å²) in [7, 11) is 0. The van der Waals surface area contributed by atoms with Gasteiger partial charge in [0.25, 0.3) is 5.91 Å². The average Bonchev–Trinajstić information content (AvgIpc) is 2.93. The number of para-hydroxylation sites is 1. The van der Waals surface area contributed by atoms with Crippen molar-refractivity contribution in [1.29, 1.82) is 0 Å². The first-order valence-corrected chi connectivity index (χ1v) is 6.31. The van der Waals surface area contributed by atoms with E-state index in [2.05, 4.69) is 10.3 Å². The topological polar surface area (TPSA) is 102 Å². The summed E-state index contributed by atoms with van der Waals surface area (Å²) in [6, 6.07) is 6.53. The highest BCUT2D eigenvalue weighted by molar-refractivity contribution is 5.94. The lowest BCUT2D eigenvalue weighted by Crippen LogP contribution is -2.40. The number of fused-ring (bicyclic) bond motifs is 1.